The van der Waals surface area contributed by atoms with Gasteiger partial charge in [0.2, 0.25) is 0 Å². The van der Waals surface area contributed by atoms with Gasteiger partial charge in [0.15, 0.2) is 0 Å². The van der Waals surface area contributed by atoms with Gasteiger partial charge in [-0.2, -0.15) is 0 Å². The lowest BCUT2D eigenvalue weighted by molar-refractivity contribution is 0.107. The smallest absolute Gasteiger partial charge is 0.317 e. The molecule has 2 amide bonds. The zero-order chi connectivity index (χ0) is 16.1. The molecule has 0 saturated carbocycles. The lowest BCUT2D eigenvalue weighted by Crippen LogP contribution is -2.48. The molecule has 1 aromatic heterocycles. The summed E-state index contributed by atoms with van der Waals surface area (Å²) in [5.74, 6) is 1.03. The summed E-state index contributed by atoms with van der Waals surface area (Å²) in [5, 5.41) is 13.3. The average molecular weight is 308 g/mol. The van der Waals surface area contributed by atoms with E-state index in [0.29, 0.717) is 18.1 Å². The van der Waals surface area contributed by atoms with Gasteiger partial charge in [0, 0.05) is 25.0 Å². The molecule has 124 valence electrons. The Bertz CT molecular complexity index is 460. The van der Waals surface area contributed by atoms with Gasteiger partial charge in [-0.05, 0) is 37.8 Å². The molecule has 5 nitrogen and oxygen atoms in total. The van der Waals surface area contributed by atoms with Crippen molar-refractivity contribution in [1.29, 1.82) is 0 Å². The number of likely N-dealkylation sites (tertiary alicyclic amines) is 1. The van der Waals surface area contributed by atoms with Gasteiger partial charge in [0.1, 0.15) is 11.9 Å². The molecule has 4 unspecified atom stereocenters. The molecule has 1 aliphatic heterocycles. The minimum Gasteiger partial charge on any atom is -0.467 e. The van der Waals surface area contributed by atoms with E-state index in [1.165, 1.54) is 0 Å². The second kappa shape index (κ2) is 7.68. The van der Waals surface area contributed by atoms with Crippen molar-refractivity contribution in [3.63, 3.8) is 0 Å². The van der Waals surface area contributed by atoms with E-state index in [1.807, 2.05) is 4.90 Å². The lowest BCUT2D eigenvalue weighted by Gasteiger charge is -2.29. The van der Waals surface area contributed by atoms with Gasteiger partial charge >= 0.3 is 6.03 Å². The summed E-state index contributed by atoms with van der Waals surface area (Å²) in [6.45, 7) is 7.09. The molecular weight excluding hydrogens is 280 g/mol. The second-order valence-electron chi connectivity index (χ2n) is 6.38. The van der Waals surface area contributed by atoms with Crippen LogP contribution in [0.5, 0.6) is 0 Å². The van der Waals surface area contributed by atoms with Crippen LogP contribution in [0.1, 0.15) is 58.3 Å². The number of furan rings is 1. The quantitative estimate of drug-likeness (QED) is 0.847. The SMILES string of the molecule is CCC(C)C(C)NC(=O)N1CCCC1CC(O)c1ccco1. The number of nitrogens with zero attached hydrogens (tertiary/aromatic N) is 1. The number of aliphatic hydroxyl groups is 1. The molecule has 1 fully saturated rings. The Kier molecular flexibility index (Phi) is 5.89. The van der Waals surface area contributed by atoms with Crippen LogP contribution < -0.4 is 5.32 Å². The summed E-state index contributed by atoms with van der Waals surface area (Å²) < 4.78 is 5.24. The van der Waals surface area contributed by atoms with E-state index in [0.717, 1.165) is 25.8 Å². The first-order chi connectivity index (χ1) is 10.5. The third kappa shape index (κ3) is 4.03. The largest absolute Gasteiger partial charge is 0.467 e. The number of aliphatic hydroxyl groups excluding tert-OH is 1. The summed E-state index contributed by atoms with van der Waals surface area (Å²) >= 11 is 0. The number of amides is 2. The van der Waals surface area contributed by atoms with Crippen LogP contribution in [0, 0.1) is 5.92 Å². The molecule has 0 aliphatic carbocycles. The summed E-state index contributed by atoms with van der Waals surface area (Å²) in [7, 11) is 0. The molecule has 2 heterocycles. The van der Waals surface area contributed by atoms with Gasteiger partial charge in [0.25, 0.3) is 0 Å². The molecule has 0 bridgehead atoms. The van der Waals surface area contributed by atoms with Gasteiger partial charge in [-0.25, -0.2) is 4.79 Å². The average Bonchev–Trinajstić information content (AvgIpc) is 3.17. The summed E-state index contributed by atoms with van der Waals surface area (Å²) in [4.78, 5) is 14.3. The van der Waals surface area contributed by atoms with Crippen molar-refractivity contribution in [2.75, 3.05) is 6.54 Å². The maximum absolute atomic E-state index is 12.5. The Labute approximate surface area is 132 Å². The van der Waals surface area contributed by atoms with Crippen molar-refractivity contribution < 1.29 is 14.3 Å². The van der Waals surface area contributed by atoms with Gasteiger partial charge in [-0.15, -0.1) is 0 Å². The fourth-order valence-electron chi connectivity index (χ4n) is 2.98. The Morgan fingerprint density at radius 3 is 2.95 bits per heavy atom. The minimum absolute atomic E-state index is 0.0121. The van der Waals surface area contributed by atoms with E-state index in [9.17, 15) is 9.90 Å². The predicted octanol–water partition coefficient (Wildman–Crippen LogP) is 3.31. The fraction of sp³-hybridized carbons (Fsp3) is 0.706. The number of hydrogen-bond donors (Lipinski definition) is 2. The van der Waals surface area contributed by atoms with Crippen molar-refractivity contribution in [2.24, 2.45) is 5.92 Å². The Hall–Kier alpha value is -1.49. The highest BCUT2D eigenvalue weighted by atomic mass is 16.4. The van der Waals surface area contributed by atoms with Crippen molar-refractivity contribution >= 4 is 6.03 Å². The van der Waals surface area contributed by atoms with Crippen LogP contribution in [-0.2, 0) is 0 Å². The maximum atomic E-state index is 12.5. The molecule has 0 aromatic carbocycles. The summed E-state index contributed by atoms with van der Waals surface area (Å²) in [6, 6.07) is 3.76. The lowest BCUT2D eigenvalue weighted by atomic mass is 10.0. The van der Waals surface area contributed by atoms with Crippen LogP contribution in [-0.4, -0.2) is 34.7 Å². The van der Waals surface area contributed by atoms with Crippen LogP contribution in [0.2, 0.25) is 0 Å². The van der Waals surface area contributed by atoms with Crippen LogP contribution in [0.3, 0.4) is 0 Å². The Balaban J connectivity index is 1.91. The topological polar surface area (TPSA) is 65.7 Å². The molecule has 0 radical (unpaired) electrons. The number of rotatable bonds is 6. The predicted molar refractivity (Wildman–Crippen MR) is 85.5 cm³/mol. The second-order valence-corrected chi connectivity index (χ2v) is 6.38. The van der Waals surface area contributed by atoms with Crippen LogP contribution in [0.15, 0.2) is 22.8 Å². The Morgan fingerprint density at radius 1 is 1.55 bits per heavy atom. The zero-order valence-electron chi connectivity index (χ0n) is 13.8. The van der Waals surface area contributed by atoms with Gasteiger partial charge in [0.05, 0.1) is 6.26 Å². The molecule has 1 aliphatic rings. The standard InChI is InChI=1S/C17H28N2O3/c1-4-12(2)13(3)18-17(21)19-9-5-7-14(19)11-15(20)16-8-6-10-22-16/h6,8,10,12-15,20H,4-5,7,9,11H2,1-3H3,(H,18,21). The van der Waals surface area contributed by atoms with E-state index in [2.05, 4.69) is 26.1 Å². The van der Waals surface area contributed by atoms with Gasteiger partial charge < -0.3 is 19.7 Å². The minimum atomic E-state index is -0.652. The fourth-order valence-corrected chi connectivity index (χ4v) is 2.98. The highest BCUT2D eigenvalue weighted by Gasteiger charge is 2.32. The highest BCUT2D eigenvalue weighted by Crippen LogP contribution is 2.27. The van der Waals surface area contributed by atoms with E-state index in [1.54, 1.807) is 18.4 Å². The van der Waals surface area contributed by atoms with Crippen molar-refractivity contribution in [3.8, 4) is 0 Å². The van der Waals surface area contributed by atoms with E-state index in [-0.39, 0.29) is 18.1 Å². The molecular formula is C17H28N2O3. The highest BCUT2D eigenvalue weighted by molar-refractivity contribution is 5.75. The Morgan fingerprint density at radius 2 is 2.32 bits per heavy atom. The number of nitrogens with one attached hydrogen (secondary N) is 1. The molecule has 2 N–H and O–H groups in total. The first-order valence-electron chi connectivity index (χ1n) is 8.31. The van der Waals surface area contributed by atoms with Crippen molar-refractivity contribution in [3.05, 3.63) is 24.2 Å². The van der Waals surface area contributed by atoms with Gasteiger partial charge in [-0.3, -0.25) is 0 Å². The maximum Gasteiger partial charge on any atom is 0.317 e. The third-order valence-corrected chi connectivity index (χ3v) is 4.85. The van der Waals surface area contributed by atoms with E-state index < -0.39 is 6.10 Å². The van der Waals surface area contributed by atoms with Crippen LogP contribution in [0.25, 0.3) is 0 Å². The first-order valence-corrected chi connectivity index (χ1v) is 8.31. The van der Waals surface area contributed by atoms with E-state index >= 15 is 0 Å². The number of hydrogen-bond acceptors (Lipinski definition) is 3. The number of carbonyl (C=O) groups is 1. The summed E-state index contributed by atoms with van der Waals surface area (Å²) in [5.41, 5.74) is 0. The van der Waals surface area contributed by atoms with Gasteiger partial charge in [-0.1, -0.05) is 20.3 Å². The first kappa shape index (κ1) is 16.9. The monoisotopic (exact) mass is 308 g/mol. The van der Waals surface area contributed by atoms with Crippen molar-refractivity contribution in [1.82, 2.24) is 10.2 Å². The zero-order valence-corrected chi connectivity index (χ0v) is 13.8. The number of urea groups is 1. The van der Waals surface area contributed by atoms with Crippen LogP contribution >= 0.6 is 0 Å². The third-order valence-electron chi connectivity index (χ3n) is 4.85. The molecule has 4 atom stereocenters. The molecule has 1 aromatic rings. The normalized spacial score (nSPS) is 22.4. The molecule has 1 saturated heterocycles. The van der Waals surface area contributed by atoms with E-state index in [4.69, 9.17) is 4.42 Å². The molecule has 0 spiro atoms. The number of carbonyl (C=O) groups excluding carboxylic acids is 1. The molecule has 22 heavy (non-hydrogen) atoms. The van der Waals surface area contributed by atoms with Crippen LogP contribution in [0.4, 0.5) is 4.79 Å². The van der Waals surface area contributed by atoms with Crippen molar-refractivity contribution in [2.45, 2.75) is 64.6 Å². The summed E-state index contributed by atoms with van der Waals surface area (Å²) in [6.07, 6.45) is 4.40. The molecule has 5 heteroatoms. The molecule has 2 rings (SSSR count).